The summed E-state index contributed by atoms with van der Waals surface area (Å²) in [5.74, 6) is -1.16. The lowest BCUT2D eigenvalue weighted by Gasteiger charge is -2.19. The Labute approximate surface area is 122 Å². The summed E-state index contributed by atoms with van der Waals surface area (Å²) in [6.45, 7) is 5.29. The zero-order valence-electron chi connectivity index (χ0n) is 12.2. The van der Waals surface area contributed by atoms with Crippen LogP contribution in [0.4, 0.5) is 15.8 Å². The largest absolute Gasteiger partial charge is 0.387 e. The number of nitro benzene ring substituents is 1. The summed E-state index contributed by atoms with van der Waals surface area (Å²) in [6, 6.07) is 1.17. The van der Waals surface area contributed by atoms with Gasteiger partial charge in [-0.1, -0.05) is 13.8 Å². The molecule has 0 aliphatic heterocycles. The van der Waals surface area contributed by atoms with Gasteiger partial charge in [-0.25, -0.2) is 17.5 Å². The van der Waals surface area contributed by atoms with E-state index in [2.05, 4.69) is 10.0 Å². The Morgan fingerprint density at radius 2 is 1.86 bits per heavy atom. The van der Waals surface area contributed by atoms with Crippen LogP contribution in [-0.2, 0) is 10.0 Å². The topological polar surface area (TPSA) is 101 Å². The fourth-order valence-corrected chi connectivity index (χ4v) is 3.23. The molecule has 0 amide bonds. The molecule has 0 saturated heterocycles. The van der Waals surface area contributed by atoms with E-state index in [1.165, 1.54) is 7.05 Å². The predicted octanol–water partition coefficient (Wildman–Crippen LogP) is 2.10. The Balaban J connectivity index is 3.38. The summed E-state index contributed by atoms with van der Waals surface area (Å²) in [5, 5.41) is 13.2. The van der Waals surface area contributed by atoms with E-state index < -0.39 is 37.4 Å². The Bertz CT molecular complexity index is 646. The minimum Gasteiger partial charge on any atom is -0.387 e. The maximum absolute atomic E-state index is 14.0. The van der Waals surface area contributed by atoms with Crippen molar-refractivity contribution >= 4 is 21.4 Å². The molecule has 0 aliphatic rings. The first-order chi connectivity index (χ1) is 9.60. The van der Waals surface area contributed by atoms with Crippen LogP contribution in [-0.4, -0.2) is 26.4 Å². The summed E-state index contributed by atoms with van der Waals surface area (Å²) in [4.78, 5) is 9.29. The van der Waals surface area contributed by atoms with Crippen molar-refractivity contribution in [2.75, 3.05) is 12.4 Å². The molecule has 1 rings (SSSR count). The highest BCUT2D eigenvalue weighted by atomic mass is 32.2. The Morgan fingerprint density at radius 3 is 2.29 bits per heavy atom. The van der Waals surface area contributed by atoms with Crippen LogP contribution in [0.3, 0.4) is 0 Å². The Morgan fingerprint density at radius 1 is 1.29 bits per heavy atom. The Hall–Kier alpha value is -1.74. The van der Waals surface area contributed by atoms with E-state index in [0.29, 0.717) is 6.07 Å². The smallest absolute Gasteiger partial charge is 0.274 e. The van der Waals surface area contributed by atoms with Gasteiger partial charge in [-0.05, 0) is 12.8 Å². The molecular weight excluding hydrogens is 301 g/mol. The van der Waals surface area contributed by atoms with Gasteiger partial charge in [-0.3, -0.25) is 10.1 Å². The fourth-order valence-electron chi connectivity index (χ4n) is 1.58. The molecule has 118 valence electrons. The molecule has 1 aromatic rings. The SMILES string of the molecule is CNc1cc([N+](=O)[O-])cc(F)c1S(=O)(=O)NC(C)C(C)C. The van der Waals surface area contributed by atoms with Crippen molar-refractivity contribution in [3.63, 3.8) is 0 Å². The van der Waals surface area contributed by atoms with Crippen LogP contribution in [0.25, 0.3) is 0 Å². The number of halogens is 1. The molecule has 0 saturated carbocycles. The van der Waals surface area contributed by atoms with Crippen molar-refractivity contribution in [1.82, 2.24) is 4.72 Å². The fraction of sp³-hybridized carbons (Fsp3) is 0.500. The molecule has 1 unspecified atom stereocenters. The second kappa shape index (κ2) is 6.35. The van der Waals surface area contributed by atoms with Crippen molar-refractivity contribution in [1.29, 1.82) is 0 Å². The number of nitrogens with one attached hydrogen (secondary N) is 2. The average Bonchev–Trinajstić information content (AvgIpc) is 2.36. The minimum absolute atomic E-state index is 0.0129. The molecule has 0 radical (unpaired) electrons. The average molecular weight is 319 g/mol. The highest BCUT2D eigenvalue weighted by Gasteiger charge is 2.28. The normalized spacial score (nSPS) is 13.2. The highest BCUT2D eigenvalue weighted by molar-refractivity contribution is 7.89. The third kappa shape index (κ3) is 3.88. The second-order valence-electron chi connectivity index (χ2n) is 4.97. The lowest BCUT2D eigenvalue weighted by molar-refractivity contribution is -0.385. The molecule has 0 aromatic heterocycles. The van der Waals surface area contributed by atoms with Gasteiger partial charge in [-0.2, -0.15) is 0 Å². The summed E-state index contributed by atoms with van der Waals surface area (Å²) in [6.07, 6.45) is 0. The van der Waals surface area contributed by atoms with Crippen LogP contribution in [0.15, 0.2) is 17.0 Å². The first kappa shape index (κ1) is 17.3. The van der Waals surface area contributed by atoms with Crippen LogP contribution in [0.1, 0.15) is 20.8 Å². The zero-order valence-corrected chi connectivity index (χ0v) is 13.0. The van der Waals surface area contributed by atoms with Gasteiger partial charge in [-0.15, -0.1) is 0 Å². The van der Waals surface area contributed by atoms with Crippen molar-refractivity contribution in [2.24, 2.45) is 5.92 Å². The number of anilines is 1. The van der Waals surface area contributed by atoms with Gasteiger partial charge >= 0.3 is 0 Å². The zero-order chi connectivity index (χ0) is 16.4. The summed E-state index contributed by atoms with van der Waals surface area (Å²) < 4.78 is 40.9. The molecule has 0 aliphatic carbocycles. The van der Waals surface area contributed by atoms with E-state index in [0.717, 1.165) is 6.07 Å². The van der Waals surface area contributed by atoms with E-state index in [4.69, 9.17) is 0 Å². The van der Waals surface area contributed by atoms with E-state index >= 15 is 0 Å². The molecule has 0 spiro atoms. The lowest BCUT2D eigenvalue weighted by atomic mass is 10.1. The molecule has 0 fully saturated rings. The van der Waals surface area contributed by atoms with Gasteiger partial charge in [0.2, 0.25) is 10.0 Å². The maximum Gasteiger partial charge on any atom is 0.274 e. The molecule has 2 N–H and O–H groups in total. The van der Waals surface area contributed by atoms with Gasteiger partial charge in [0.05, 0.1) is 16.7 Å². The van der Waals surface area contributed by atoms with Crippen LogP contribution in [0.2, 0.25) is 0 Å². The number of nitrogens with zero attached hydrogens (tertiary/aromatic N) is 1. The van der Waals surface area contributed by atoms with E-state index in [1.807, 2.05) is 13.8 Å². The third-order valence-corrected chi connectivity index (χ3v) is 4.75. The number of hydrogen-bond acceptors (Lipinski definition) is 5. The van der Waals surface area contributed by atoms with E-state index in [9.17, 15) is 22.9 Å². The van der Waals surface area contributed by atoms with Gasteiger partial charge in [0.1, 0.15) is 4.90 Å². The van der Waals surface area contributed by atoms with Gasteiger partial charge in [0.15, 0.2) is 5.82 Å². The number of nitro groups is 1. The van der Waals surface area contributed by atoms with Gasteiger partial charge in [0.25, 0.3) is 5.69 Å². The summed E-state index contributed by atoms with van der Waals surface area (Å²) in [5.41, 5.74) is -0.683. The van der Waals surface area contributed by atoms with Crippen molar-refractivity contribution < 1.29 is 17.7 Å². The predicted molar refractivity (Wildman–Crippen MR) is 77.2 cm³/mol. The maximum atomic E-state index is 14.0. The number of sulfonamides is 1. The third-order valence-electron chi connectivity index (χ3n) is 3.12. The molecule has 1 atom stereocenters. The van der Waals surface area contributed by atoms with Gasteiger partial charge in [0, 0.05) is 19.2 Å². The minimum atomic E-state index is -4.13. The van der Waals surface area contributed by atoms with Crippen LogP contribution in [0, 0.1) is 21.8 Å². The number of non-ortho nitro benzene ring substituents is 1. The highest BCUT2D eigenvalue weighted by Crippen LogP contribution is 2.29. The number of rotatable bonds is 6. The monoisotopic (exact) mass is 319 g/mol. The first-order valence-corrected chi connectivity index (χ1v) is 7.76. The Kier molecular flexibility index (Phi) is 5.24. The standard InChI is InChI=1S/C12H18FN3O4S/c1-7(2)8(3)15-21(19,20)12-10(13)5-9(16(17)18)6-11(12)14-4/h5-8,14-15H,1-4H3. The molecular formula is C12H18FN3O4S. The van der Waals surface area contributed by atoms with Crippen molar-refractivity contribution in [2.45, 2.75) is 31.7 Å². The molecule has 21 heavy (non-hydrogen) atoms. The number of hydrogen-bond donors (Lipinski definition) is 2. The van der Waals surface area contributed by atoms with E-state index in [-0.39, 0.29) is 11.6 Å². The quantitative estimate of drug-likeness (QED) is 0.617. The first-order valence-electron chi connectivity index (χ1n) is 6.28. The number of benzene rings is 1. The van der Waals surface area contributed by atoms with Gasteiger partial charge < -0.3 is 5.32 Å². The van der Waals surface area contributed by atoms with Crippen molar-refractivity contribution in [3.05, 3.63) is 28.1 Å². The molecule has 0 heterocycles. The van der Waals surface area contributed by atoms with Crippen molar-refractivity contribution in [3.8, 4) is 0 Å². The van der Waals surface area contributed by atoms with Crippen LogP contribution in [0.5, 0.6) is 0 Å². The van der Waals surface area contributed by atoms with Crippen LogP contribution < -0.4 is 10.0 Å². The van der Waals surface area contributed by atoms with Crippen LogP contribution >= 0.6 is 0 Å². The lowest BCUT2D eigenvalue weighted by Crippen LogP contribution is -2.36. The molecule has 7 nitrogen and oxygen atoms in total. The molecule has 1 aromatic carbocycles. The summed E-state index contributed by atoms with van der Waals surface area (Å²) >= 11 is 0. The second-order valence-corrected chi connectivity index (χ2v) is 6.62. The van der Waals surface area contributed by atoms with E-state index in [1.54, 1.807) is 6.92 Å². The molecule has 0 bridgehead atoms. The molecule has 9 heteroatoms. The summed E-state index contributed by atoms with van der Waals surface area (Å²) in [7, 11) is -2.77.